The fourth-order valence-electron chi connectivity index (χ4n) is 2.86. The molecule has 0 saturated heterocycles. The van der Waals surface area contributed by atoms with Crippen LogP contribution in [0.1, 0.15) is 35.3 Å². The van der Waals surface area contributed by atoms with E-state index in [1.165, 1.54) is 38.6 Å². The van der Waals surface area contributed by atoms with Gasteiger partial charge in [0.2, 0.25) is 0 Å². The van der Waals surface area contributed by atoms with Gasteiger partial charge in [-0.3, -0.25) is 14.9 Å². The zero-order valence-corrected chi connectivity index (χ0v) is 18.1. The average Bonchev–Trinajstić information content (AvgIpc) is 2.78. The van der Waals surface area contributed by atoms with Crippen molar-refractivity contribution in [3.63, 3.8) is 0 Å². The van der Waals surface area contributed by atoms with Gasteiger partial charge in [0.25, 0.3) is 11.8 Å². The summed E-state index contributed by atoms with van der Waals surface area (Å²) in [6.07, 6.45) is -4.14. The van der Waals surface area contributed by atoms with Crippen molar-refractivity contribution in [3.05, 3.63) is 70.8 Å². The molecule has 0 aliphatic carbocycles. The minimum absolute atomic E-state index is 0.221. The van der Waals surface area contributed by atoms with Gasteiger partial charge in [0.1, 0.15) is 13.7 Å². The molecular weight excluding hydrogens is 443 g/mol. The molecule has 176 valence electrons. The highest BCUT2D eigenvalue weighted by atomic mass is 19.4. The molecule has 2 rings (SSSR count). The number of halogens is 3. The number of hydrogen-bond acceptors (Lipinski definition) is 7. The first-order chi connectivity index (χ1) is 15.7. The number of hydrogen-bond donors (Lipinski definition) is 1. The predicted octanol–water partition coefficient (Wildman–Crippen LogP) is 3.46. The molecule has 0 saturated carbocycles. The normalized spacial score (nSPS) is 13.0. The molecule has 2 aromatic rings. The summed E-state index contributed by atoms with van der Waals surface area (Å²) in [5.74, 6) is -1.56. The molecule has 8 nitrogen and oxygen atoms in total. The number of methoxy groups -OCH3 is 1. The van der Waals surface area contributed by atoms with Crippen LogP contribution in [0.15, 0.2) is 58.8 Å². The number of carbonyl (C=O) groups is 2. The lowest BCUT2D eigenvalue weighted by molar-refractivity contribution is -0.137. The van der Waals surface area contributed by atoms with Gasteiger partial charge >= 0.3 is 6.18 Å². The lowest BCUT2D eigenvalue weighted by atomic mass is 9.93. The second-order valence-corrected chi connectivity index (χ2v) is 6.49. The summed E-state index contributed by atoms with van der Waals surface area (Å²) >= 11 is 0. The van der Waals surface area contributed by atoms with Crippen LogP contribution in [0.3, 0.4) is 0 Å². The highest BCUT2D eigenvalue weighted by molar-refractivity contribution is 6.47. The number of ether oxygens (including phenoxy) is 1. The summed E-state index contributed by atoms with van der Waals surface area (Å²) in [7, 11) is 2.52. The molecule has 0 aliphatic rings. The van der Waals surface area contributed by atoms with Crippen LogP contribution in [-0.4, -0.2) is 44.6 Å². The monoisotopic (exact) mass is 465 g/mol. The van der Waals surface area contributed by atoms with Crippen LogP contribution in [-0.2, 0) is 30.2 Å². The van der Waals surface area contributed by atoms with Gasteiger partial charge in [-0.2, -0.15) is 13.2 Å². The molecule has 2 amide bonds. The Labute approximate surface area is 188 Å². The highest BCUT2D eigenvalue weighted by Gasteiger charge is 2.31. The third-order valence-electron chi connectivity index (χ3n) is 4.24. The molecule has 1 unspecified atom stereocenters. The van der Waals surface area contributed by atoms with E-state index in [9.17, 15) is 22.8 Å². The number of oxime groups is 2. The van der Waals surface area contributed by atoms with Crippen LogP contribution in [0.25, 0.3) is 0 Å². The molecule has 33 heavy (non-hydrogen) atoms. The quantitative estimate of drug-likeness (QED) is 0.452. The second-order valence-electron chi connectivity index (χ2n) is 6.49. The number of rotatable bonds is 9. The molecule has 0 heterocycles. The van der Waals surface area contributed by atoms with Crippen molar-refractivity contribution in [2.75, 3.05) is 20.8 Å². The van der Waals surface area contributed by atoms with Crippen molar-refractivity contribution in [2.24, 2.45) is 10.3 Å². The van der Waals surface area contributed by atoms with E-state index in [0.717, 1.165) is 12.1 Å². The SMILES string of the molecule is C/C=N/OC(c1ccc(C(F)(F)F)cc1)c1ccccc1/C(=N\OC)C(=O)NC(=O)COC. The Balaban J connectivity index is 2.54. The van der Waals surface area contributed by atoms with Crippen molar-refractivity contribution >= 4 is 23.7 Å². The summed E-state index contributed by atoms with van der Waals surface area (Å²) in [6, 6.07) is 10.7. The van der Waals surface area contributed by atoms with Gasteiger partial charge < -0.3 is 14.4 Å². The number of alkyl halides is 3. The Kier molecular flexibility index (Phi) is 9.10. The fraction of sp³-hybridized carbons (Fsp3) is 0.273. The average molecular weight is 465 g/mol. The van der Waals surface area contributed by atoms with Gasteiger partial charge in [-0.15, -0.1) is 0 Å². The first-order valence-electron chi connectivity index (χ1n) is 9.57. The molecule has 0 aliphatic heterocycles. The number of carbonyl (C=O) groups excluding carboxylic acids is 2. The second kappa shape index (κ2) is 11.8. The van der Waals surface area contributed by atoms with Gasteiger partial charge in [-0.25, -0.2) is 0 Å². The van der Waals surface area contributed by atoms with E-state index in [1.54, 1.807) is 25.1 Å². The van der Waals surface area contributed by atoms with Gasteiger partial charge in [0.05, 0.1) is 5.56 Å². The van der Waals surface area contributed by atoms with Crippen LogP contribution in [0.5, 0.6) is 0 Å². The van der Waals surface area contributed by atoms with E-state index in [4.69, 9.17) is 14.4 Å². The molecule has 2 aromatic carbocycles. The minimum atomic E-state index is -4.50. The van der Waals surface area contributed by atoms with Gasteiger partial charge in [-0.05, 0) is 24.6 Å². The molecule has 0 bridgehead atoms. The third kappa shape index (κ3) is 6.88. The summed E-state index contributed by atoms with van der Waals surface area (Å²) in [4.78, 5) is 34.8. The maximum Gasteiger partial charge on any atom is 0.416 e. The van der Waals surface area contributed by atoms with Crippen molar-refractivity contribution in [2.45, 2.75) is 19.2 Å². The first kappa shape index (κ1) is 25.5. The lowest BCUT2D eigenvalue weighted by Crippen LogP contribution is -2.39. The van der Waals surface area contributed by atoms with Crippen molar-refractivity contribution in [3.8, 4) is 0 Å². The molecule has 11 heteroatoms. The Bertz CT molecular complexity index is 1020. The standard InChI is InChI=1S/C22H22F3N3O5/c1-4-26-33-20(14-9-11-15(12-10-14)22(23,24)25)17-8-6-5-7-16(17)19(28-32-3)21(30)27-18(29)13-31-2/h4-12,20H,13H2,1-3H3,(H,27,29,30)/b26-4+,28-19+. The highest BCUT2D eigenvalue weighted by Crippen LogP contribution is 2.33. The van der Waals surface area contributed by atoms with E-state index >= 15 is 0 Å². The Morgan fingerprint density at radius 1 is 1.09 bits per heavy atom. The predicted molar refractivity (Wildman–Crippen MR) is 114 cm³/mol. The molecule has 0 fully saturated rings. The number of amides is 2. The van der Waals surface area contributed by atoms with Crippen LogP contribution >= 0.6 is 0 Å². The molecule has 0 aromatic heterocycles. The third-order valence-corrected chi connectivity index (χ3v) is 4.24. The number of benzene rings is 2. The summed E-state index contributed by atoms with van der Waals surface area (Å²) in [5.41, 5.74) is -0.159. The first-order valence-corrected chi connectivity index (χ1v) is 9.57. The Hall–Kier alpha value is -3.73. The van der Waals surface area contributed by atoms with Crippen molar-refractivity contribution in [1.29, 1.82) is 0 Å². The fourth-order valence-corrected chi connectivity index (χ4v) is 2.86. The van der Waals surface area contributed by atoms with Gasteiger partial charge in [0, 0.05) is 24.5 Å². The Morgan fingerprint density at radius 2 is 1.76 bits per heavy atom. The van der Waals surface area contributed by atoms with Crippen molar-refractivity contribution < 1.29 is 37.2 Å². The molecule has 0 spiro atoms. The number of nitrogens with one attached hydrogen (secondary N) is 1. The molecule has 1 atom stereocenters. The maximum atomic E-state index is 13.0. The Morgan fingerprint density at radius 3 is 2.33 bits per heavy atom. The van der Waals surface area contributed by atoms with Crippen molar-refractivity contribution in [1.82, 2.24) is 5.32 Å². The zero-order valence-electron chi connectivity index (χ0n) is 18.1. The maximum absolute atomic E-state index is 13.0. The smallest absolute Gasteiger partial charge is 0.398 e. The van der Waals surface area contributed by atoms with Gasteiger partial charge in [-0.1, -0.05) is 46.7 Å². The molecular formula is C22H22F3N3O5. The topological polar surface area (TPSA) is 98.6 Å². The van der Waals surface area contributed by atoms with E-state index in [2.05, 4.69) is 15.6 Å². The largest absolute Gasteiger partial charge is 0.416 e. The summed E-state index contributed by atoms with van der Waals surface area (Å²) in [5, 5.41) is 9.64. The van der Waals surface area contributed by atoms with E-state index in [0.29, 0.717) is 11.1 Å². The van der Waals surface area contributed by atoms with E-state index < -0.39 is 29.7 Å². The van der Waals surface area contributed by atoms with Gasteiger partial charge in [0.15, 0.2) is 11.8 Å². The lowest BCUT2D eigenvalue weighted by Gasteiger charge is -2.20. The van der Waals surface area contributed by atoms with E-state index in [1.807, 2.05) is 0 Å². The minimum Gasteiger partial charge on any atom is -0.398 e. The number of nitrogens with zero attached hydrogens (tertiary/aromatic N) is 2. The zero-order chi connectivity index (χ0) is 24.4. The number of imide groups is 1. The molecule has 0 radical (unpaired) electrons. The summed E-state index contributed by atoms with van der Waals surface area (Å²) in [6.45, 7) is 1.25. The van der Waals surface area contributed by atoms with Crippen LogP contribution in [0, 0.1) is 0 Å². The summed E-state index contributed by atoms with van der Waals surface area (Å²) < 4.78 is 43.6. The van der Waals surface area contributed by atoms with Crippen LogP contribution < -0.4 is 5.32 Å². The van der Waals surface area contributed by atoms with Crippen LogP contribution in [0.4, 0.5) is 13.2 Å². The van der Waals surface area contributed by atoms with Crippen LogP contribution in [0.2, 0.25) is 0 Å². The van der Waals surface area contributed by atoms with E-state index in [-0.39, 0.29) is 17.9 Å². The molecule has 1 N–H and O–H groups in total.